The van der Waals surface area contributed by atoms with Gasteiger partial charge in [-0.25, -0.2) is 9.97 Å². The number of aromatic amines is 1. The number of ether oxygens (including phenoxy) is 2. The predicted octanol–water partition coefficient (Wildman–Crippen LogP) is 5.67. The van der Waals surface area contributed by atoms with Gasteiger partial charge < -0.3 is 19.8 Å². The molecule has 1 atom stereocenters. The average Bonchev–Trinajstić information content (AvgIpc) is 3.49. The van der Waals surface area contributed by atoms with E-state index in [0.29, 0.717) is 6.42 Å². The summed E-state index contributed by atoms with van der Waals surface area (Å²) >= 11 is 0. The fourth-order valence-electron chi connectivity index (χ4n) is 5.51. The first kappa shape index (κ1) is 30.7. The zero-order valence-corrected chi connectivity index (χ0v) is 25.4. The van der Waals surface area contributed by atoms with E-state index in [1.807, 2.05) is 6.07 Å². The van der Waals surface area contributed by atoms with E-state index in [-0.39, 0.29) is 12.0 Å². The molecule has 9 heteroatoms. The van der Waals surface area contributed by atoms with Crippen molar-refractivity contribution < 1.29 is 14.3 Å². The van der Waals surface area contributed by atoms with Crippen molar-refractivity contribution in [1.82, 2.24) is 24.8 Å². The summed E-state index contributed by atoms with van der Waals surface area (Å²) in [6, 6.07) is 21.5. The summed E-state index contributed by atoms with van der Waals surface area (Å²) in [5.74, 6) is 0.702. The molecule has 0 unspecified atom stereocenters. The molecule has 43 heavy (non-hydrogen) atoms. The summed E-state index contributed by atoms with van der Waals surface area (Å²) in [4.78, 5) is 28.6. The van der Waals surface area contributed by atoms with Gasteiger partial charge in [0.05, 0.1) is 19.1 Å². The number of piperazine rings is 1. The standard InChI is InChI=1S/C34H44N6O3/c1-26(28-9-5-3-6-10-28)37-33-30-23-31(38-34(30)36-25-35-33)29-14-12-27(13-15-29)24-40-18-16-39(17-19-40)20-22-43-21-8-4-7-11-32(41)42-2/h3,5-6,9-10,12-15,23,25-26H,4,7-8,11,16-22,24H2,1-2H3,(H2,35,36,37,38)/t26-/m1/s1. The van der Waals surface area contributed by atoms with Gasteiger partial charge in [-0.05, 0) is 42.5 Å². The Labute approximate surface area is 254 Å². The van der Waals surface area contributed by atoms with Crippen molar-refractivity contribution in [3.8, 4) is 11.3 Å². The Bertz CT molecular complexity index is 1420. The fourth-order valence-corrected chi connectivity index (χ4v) is 5.51. The van der Waals surface area contributed by atoms with E-state index in [0.717, 1.165) is 99.9 Å². The largest absolute Gasteiger partial charge is 0.469 e. The number of methoxy groups -OCH3 is 1. The van der Waals surface area contributed by atoms with Crippen molar-refractivity contribution in [2.75, 3.05) is 58.4 Å². The Kier molecular flexibility index (Phi) is 11.1. The lowest BCUT2D eigenvalue weighted by Gasteiger charge is -2.34. The van der Waals surface area contributed by atoms with Crippen LogP contribution in [0.4, 0.5) is 5.82 Å². The third kappa shape index (κ3) is 8.86. The van der Waals surface area contributed by atoms with E-state index in [9.17, 15) is 4.79 Å². The minimum atomic E-state index is -0.130. The minimum Gasteiger partial charge on any atom is -0.469 e. The molecule has 0 amide bonds. The molecular formula is C34H44N6O3. The molecule has 2 N–H and O–H groups in total. The maximum atomic E-state index is 11.1. The SMILES string of the molecule is COC(=O)CCCCCOCCN1CCN(Cc2ccc(-c3cc4c(N[C@H](C)c5ccccc5)ncnc4[nH]3)cc2)CC1. The molecule has 0 saturated carbocycles. The number of carbonyl (C=O) groups is 1. The van der Waals surface area contributed by atoms with Crippen molar-refractivity contribution in [2.45, 2.75) is 45.2 Å². The summed E-state index contributed by atoms with van der Waals surface area (Å²) in [7, 11) is 1.44. The van der Waals surface area contributed by atoms with Gasteiger partial charge in [-0.1, -0.05) is 61.0 Å². The number of nitrogens with zero attached hydrogens (tertiary/aromatic N) is 4. The molecule has 1 aliphatic heterocycles. The van der Waals surface area contributed by atoms with Crippen LogP contribution in [-0.4, -0.2) is 83.8 Å². The summed E-state index contributed by atoms with van der Waals surface area (Å²) < 4.78 is 10.5. The number of H-pyrrole nitrogens is 1. The lowest BCUT2D eigenvalue weighted by atomic mass is 10.1. The Morgan fingerprint density at radius 2 is 1.72 bits per heavy atom. The molecule has 1 aliphatic rings. The highest BCUT2D eigenvalue weighted by molar-refractivity contribution is 5.91. The highest BCUT2D eigenvalue weighted by atomic mass is 16.5. The minimum absolute atomic E-state index is 0.130. The van der Waals surface area contributed by atoms with Crippen molar-refractivity contribution in [1.29, 1.82) is 0 Å². The summed E-state index contributed by atoms with van der Waals surface area (Å²) in [5, 5.41) is 4.54. The number of benzene rings is 2. The number of unbranched alkanes of at least 4 members (excludes halogenated alkanes) is 2. The third-order valence-corrected chi connectivity index (χ3v) is 8.16. The Balaban J connectivity index is 1.05. The fraction of sp³-hybridized carbons (Fsp3) is 0.441. The zero-order chi connectivity index (χ0) is 29.9. The van der Waals surface area contributed by atoms with Crippen LogP contribution in [0.25, 0.3) is 22.3 Å². The molecule has 2 aromatic heterocycles. The number of rotatable bonds is 15. The molecular weight excluding hydrogens is 540 g/mol. The molecule has 4 aromatic rings. The number of esters is 1. The van der Waals surface area contributed by atoms with Crippen LogP contribution < -0.4 is 5.32 Å². The normalized spacial score (nSPS) is 15.0. The number of anilines is 1. The van der Waals surface area contributed by atoms with Crippen LogP contribution in [-0.2, 0) is 20.8 Å². The quantitative estimate of drug-likeness (QED) is 0.136. The first-order chi connectivity index (χ1) is 21.1. The van der Waals surface area contributed by atoms with Crippen LogP contribution in [0.3, 0.4) is 0 Å². The number of hydrogen-bond acceptors (Lipinski definition) is 8. The number of aromatic nitrogens is 3. The van der Waals surface area contributed by atoms with E-state index in [2.05, 4.69) is 96.3 Å². The monoisotopic (exact) mass is 584 g/mol. The second kappa shape index (κ2) is 15.6. The molecule has 0 radical (unpaired) electrons. The Morgan fingerprint density at radius 3 is 2.49 bits per heavy atom. The van der Waals surface area contributed by atoms with Crippen LogP contribution in [0.2, 0.25) is 0 Å². The molecule has 5 rings (SSSR count). The Hall–Kier alpha value is -3.79. The smallest absolute Gasteiger partial charge is 0.305 e. The van der Waals surface area contributed by atoms with Crippen LogP contribution in [0.5, 0.6) is 0 Å². The van der Waals surface area contributed by atoms with E-state index in [1.165, 1.54) is 18.2 Å². The van der Waals surface area contributed by atoms with Gasteiger partial charge in [-0.3, -0.25) is 14.6 Å². The second-order valence-corrected chi connectivity index (χ2v) is 11.3. The zero-order valence-electron chi connectivity index (χ0n) is 25.4. The van der Waals surface area contributed by atoms with Crippen LogP contribution in [0, 0.1) is 0 Å². The van der Waals surface area contributed by atoms with Gasteiger partial charge in [-0.2, -0.15) is 0 Å². The molecule has 1 saturated heterocycles. The highest BCUT2D eigenvalue weighted by Gasteiger charge is 2.17. The maximum absolute atomic E-state index is 11.1. The van der Waals surface area contributed by atoms with E-state index in [1.54, 1.807) is 6.33 Å². The topological polar surface area (TPSA) is 95.6 Å². The number of hydrogen-bond donors (Lipinski definition) is 2. The van der Waals surface area contributed by atoms with Gasteiger partial charge >= 0.3 is 5.97 Å². The predicted molar refractivity (Wildman–Crippen MR) is 171 cm³/mol. The first-order valence-corrected chi connectivity index (χ1v) is 15.4. The molecule has 0 spiro atoms. The highest BCUT2D eigenvalue weighted by Crippen LogP contribution is 2.29. The summed E-state index contributed by atoms with van der Waals surface area (Å²) in [6.45, 7) is 9.86. The van der Waals surface area contributed by atoms with E-state index in [4.69, 9.17) is 4.74 Å². The first-order valence-electron chi connectivity index (χ1n) is 15.4. The molecule has 228 valence electrons. The van der Waals surface area contributed by atoms with Gasteiger partial charge in [0.2, 0.25) is 0 Å². The van der Waals surface area contributed by atoms with Gasteiger partial charge in [0, 0.05) is 64.0 Å². The lowest BCUT2D eigenvalue weighted by Crippen LogP contribution is -2.46. The van der Waals surface area contributed by atoms with Crippen LogP contribution in [0.1, 0.15) is 49.8 Å². The van der Waals surface area contributed by atoms with E-state index >= 15 is 0 Å². The van der Waals surface area contributed by atoms with Gasteiger partial charge in [0.25, 0.3) is 0 Å². The van der Waals surface area contributed by atoms with Gasteiger partial charge in [-0.15, -0.1) is 0 Å². The second-order valence-electron chi connectivity index (χ2n) is 11.3. The van der Waals surface area contributed by atoms with E-state index < -0.39 is 0 Å². The molecule has 2 aromatic carbocycles. The lowest BCUT2D eigenvalue weighted by molar-refractivity contribution is -0.140. The molecule has 0 aliphatic carbocycles. The van der Waals surface area contributed by atoms with Crippen LogP contribution in [0.15, 0.2) is 67.0 Å². The van der Waals surface area contributed by atoms with Gasteiger partial charge in [0.1, 0.15) is 17.8 Å². The number of nitrogens with one attached hydrogen (secondary N) is 2. The number of fused-ring (bicyclic) bond motifs is 1. The van der Waals surface area contributed by atoms with Crippen molar-refractivity contribution in [3.05, 3.63) is 78.1 Å². The third-order valence-electron chi connectivity index (χ3n) is 8.16. The summed E-state index contributed by atoms with van der Waals surface area (Å²) in [6.07, 6.45) is 4.96. The van der Waals surface area contributed by atoms with Crippen LogP contribution >= 0.6 is 0 Å². The average molecular weight is 585 g/mol. The molecule has 3 heterocycles. The van der Waals surface area contributed by atoms with Crippen molar-refractivity contribution in [3.63, 3.8) is 0 Å². The number of carbonyl (C=O) groups excluding carboxylic acids is 1. The molecule has 1 fully saturated rings. The van der Waals surface area contributed by atoms with Crippen molar-refractivity contribution in [2.24, 2.45) is 0 Å². The molecule has 0 bridgehead atoms. The molecule has 9 nitrogen and oxygen atoms in total. The Morgan fingerprint density at radius 1 is 0.953 bits per heavy atom. The van der Waals surface area contributed by atoms with Crippen molar-refractivity contribution >= 4 is 22.8 Å². The summed E-state index contributed by atoms with van der Waals surface area (Å²) in [5.41, 5.74) is 5.54. The maximum Gasteiger partial charge on any atom is 0.305 e. The van der Waals surface area contributed by atoms with Gasteiger partial charge in [0.15, 0.2) is 0 Å².